The molecule has 2 aromatic heterocycles. The fraction of sp³-hybridized carbons (Fsp3) is 0.462. The van der Waals surface area contributed by atoms with Crippen molar-refractivity contribution in [3.05, 3.63) is 42.0 Å². The number of hydrogen-bond donors (Lipinski definition) is 1. The molecule has 1 aliphatic carbocycles. The lowest BCUT2D eigenvalue weighted by Crippen LogP contribution is -2.36. The predicted molar refractivity (Wildman–Crippen MR) is 134 cm³/mol. The zero-order valence-electron chi connectivity index (χ0n) is 19.3. The zero-order chi connectivity index (χ0) is 23.3. The minimum Gasteiger partial charge on any atom is -0.379 e. The molecular formula is C26H30N4O3S. The lowest BCUT2D eigenvalue weighted by molar-refractivity contribution is -0.119. The summed E-state index contributed by atoms with van der Waals surface area (Å²) in [6, 6.07) is 11.9. The standard InChI is InChI=1S/C26H30N4O3S/c31-21(6-1-2-11-30-12-14-33-15-13-30)17-18-4-3-5-20(16-18)22-9-10-23-25(27-22)34-26(28-23)29-24(32)19-7-8-19/h3-5,9-10,16,19H,1-2,6-8,11-15,17H2,(H,28,29,32). The molecule has 1 aromatic carbocycles. The van der Waals surface area contributed by atoms with E-state index in [2.05, 4.69) is 21.3 Å². The van der Waals surface area contributed by atoms with Gasteiger partial charge in [0, 0.05) is 37.4 Å². The van der Waals surface area contributed by atoms with E-state index in [9.17, 15) is 9.59 Å². The van der Waals surface area contributed by atoms with Crippen LogP contribution in [0.1, 0.15) is 37.7 Å². The molecule has 7 nitrogen and oxygen atoms in total. The van der Waals surface area contributed by atoms with Gasteiger partial charge in [-0.25, -0.2) is 9.97 Å². The van der Waals surface area contributed by atoms with Gasteiger partial charge in [0.2, 0.25) is 5.91 Å². The topological polar surface area (TPSA) is 84.4 Å². The summed E-state index contributed by atoms with van der Waals surface area (Å²) in [6.45, 7) is 4.68. The second kappa shape index (κ2) is 10.7. The Morgan fingerprint density at radius 3 is 2.76 bits per heavy atom. The number of ether oxygens (including phenoxy) is 1. The van der Waals surface area contributed by atoms with E-state index in [-0.39, 0.29) is 17.6 Å². The van der Waals surface area contributed by atoms with Crippen molar-refractivity contribution in [1.29, 1.82) is 0 Å². The molecule has 1 aliphatic heterocycles. The Balaban J connectivity index is 1.16. The predicted octanol–water partition coefficient (Wildman–Crippen LogP) is 4.32. The van der Waals surface area contributed by atoms with Crippen LogP contribution in [-0.2, 0) is 20.7 Å². The molecule has 0 spiro atoms. The van der Waals surface area contributed by atoms with Crippen molar-refractivity contribution in [1.82, 2.24) is 14.9 Å². The third-order valence-electron chi connectivity index (χ3n) is 6.34. The molecular weight excluding hydrogens is 448 g/mol. The summed E-state index contributed by atoms with van der Waals surface area (Å²) in [5, 5.41) is 3.51. The first kappa shape index (κ1) is 23.1. The van der Waals surface area contributed by atoms with Gasteiger partial charge in [0.25, 0.3) is 0 Å². The highest BCUT2D eigenvalue weighted by atomic mass is 32.1. The molecule has 1 N–H and O–H groups in total. The van der Waals surface area contributed by atoms with Gasteiger partial charge in [-0.1, -0.05) is 29.5 Å². The average Bonchev–Trinajstić information content (AvgIpc) is 3.63. The number of unbranched alkanes of at least 4 members (excludes halogenated alkanes) is 1. The molecule has 3 heterocycles. The number of aromatic nitrogens is 2. The number of benzene rings is 1. The van der Waals surface area contributed by atoms with Gasteiger partial charge in [0.1, 0.15) is 16.1 Å². The van der Waals surface area contributed by atoms with Gasteiger partial charge < -0.3 is 10.1 Å². The summed E-state index contributed by atoms with van der Waals surface area (Å²) in [4.78, 5) is 37.0. The van der Waals surface area contributed by atoms with Crippen LogP contribution in [0.15, 0.2) is 36.4 Å². The second-order valence-electron chi connectivity index (χ2n) is 9.13. The van der Waals surface area contributed by atoms with E-state index in [1.54, 1.807) is 0 Å². The summed E-state index contributed by atoms with van der Waals surface area (Å²) in [5.41, 5.74) is 3.62. The number of amides is 1. The van der Waals surface area contributed by atoms with Crippen LogP contribution in [-0.4, -0.2) is 59.4 Å². The number of pyridine rings is 1. The van der Waals surface area contributed by atoms with E-state index >= 15 is 0 Å². The van der Waals surface area contributed by atoms with Crippen molar-refractivity contribution in [3.8, 4) is 11.3 Å². The van der Waals surface area contributed by atoms with Crippen LogP contribution in [0.2, 0.25) is 0 Å². The molecule has 1 saturated carbocycles. The van der Waals surface area contributed by atoms with Crippen molar-refractivity contribution < 1.29 is 14.3 Å². The normalized spacial score (nSPS) is 16.6. The summed E-state index contributed by atoms with van der Waals surface area (Å²) >= 11 is 1.40. The van der Waals surface area contributed by atoms with Gasteiger partial charge in [0.15, 0.2) is 5.13 Å². The van der Waals surface area contributed by atoms with Gasteiger partial charge in [0.05, 0.1) is 18.9 Å². The Labute approximate surface area is 203 Å². The fourth-order valence-electron chi connectivity index (χ4n) is 4.22. The fourth-order valence-corrected chi connectivity index (χ4v) is 5.06. The third kappa shape index (κ3) is 6.05. The molecule has 0 atom stereocenters. The Hall–Kier alpha value is -2.68. The first-order valence-corrected chi connectivity index (χ1v) is 13.0. The number of thiazole rings is 1. The molecule has 5 rings (SSSR count). The minimum atomic E-state index is 0.0535. The van der Waals surface area contributed by atoms with Crippen molar-refractivity contribution in [2.24, 2.45) is 5.92 Å². The Morgan fingerprint density at radius 1 is 1.09 bits per heavy atom. The van der Waals surface area contributed by atoms with Crippen LogP contribution in [0.3, 0.4) is 0 Å². The summed E-state index contributed by atoms with van der Waals surface area (Å²) in [7, 11) is 0. The molecule has 2 fully saturated rings. The van der Waals surface area contributed by atoms with Crippen molar-refractivity contribution in [2.75, 3.05) is 38.2 Å². The molecule has 0 radical (unpaired) electrons. The van der Waals surface area contributed by atoms with Crippen LogP contribution >= 0.6 is 11.3 Å². The monoisotopic (exact) mass is 478 g/mol. The number of carbonyl (C=O) groups excluding carboxylic acids is 2. The number of anilines is 1. The number of rotatable bonds is 10. The molecule has 34 heavy (non-hydrogen) atoms. The van der Waals surface area contributed by atoms with Crippen LogP contribution in [0.25, 0.3) is 21.6 Å². The van der Waals surface area contributed by atoms with E-state index in [0.29, 0.717) is 18.0 Å². The number of morpholine rings is 1. The first-order chi connectivity index (χ1) is 16.6. The SMILES string of the molecule is O=C(CCCCN1CCOCC1)Cc1cccc(-c2ccc3nc(NC(=O)C4CC4)sc3n2)c1. The quantitative estimate of drug-likeness (QED) is 0.437. The Morgan fingerprint density at radius 2 is 1.94 bits per heavy atom. The van der Waals surface area contributed by atoms with Crippen LogP contribution < -0.4 is 5.32 Å². The highest BCUT2D eigenvalue weighted by molar-refractivity contribution is 7.22. The van der Waals surface area contributed by atoms with Gasteiger partial charge in [-0.2, -0.15) is 0 Å². The maximum Gasteiger partial charge on any atom is 0.229 e. The van der Waals surface area contributed by atoms with Crippen molar-refractivity contribution in [3.63, 3.8) is 0 Å². The van der Waals surface area contributed by atoms with E-state index in [1.165, 1.54) is 11.3 Å². The van der Waals surface area contributed by atoms with Crippen LogP contribution in [0, 0.1) is 5.92 Å². The number of nitrogens with zero attached hydrogens (tertiary/aromatic N) is 3. The molecule has 1 amide bonds. The second-order valence-corrected chi connectivity index (χ2v) is 10.1. The molecule has 3 aromatic rings. The van der Waals surface area contributed by atoms with Crippen LogP contribution in [0.4, 0.5) is 5.13 Å². The molecule has 0 unspecified atom stereocenters. The van der Waals surface area contributed by atoms with Gasteiger partial charge in [-0.15, -0.1) is 0 Å². The number of hydrogen-bond acceptors (Lipinski definition) is 7. The number of fused-ring (bicyclic) bond motifs is 1. The van der Waals surface area contributed by atoms with E-state index in [1.807, 2.05) is 30.3 Å². The smallest absolute Gasteiger partial charge is 0.229 e. The molecule has 0 bridgehead atoms. The number of carbonyl (C=O) groups is 2. The van der Waals surface area contributed by atoms with E-state index in [4.69, 9.17) is 9.72 Å². The number of Topliss-reactive ketones (excluding diaryl/α,β-unsaturated/α-hetero) is 1. The maximum absolute atomic E-state index is 12.5. The van der Waals surface area contributed by atoms with Crippen molar-refractivity contribution >= 4 is 38.5 Å². The number of nitrogens with one attached hydrogen (secondary N) is 1. The Kier molecular flexibility index (Phi) is 7.27. The van der Waals surface area contributed by atoms with Gasteiger partial charge in [-0.05, 0) is 56.0 Å². The average molecular weight is 479 g/mol. The highest BCUT2D eigenvalue weighted by Crippen LogP contribution is 2.32. The summed E-state index contributed by atoms with van der Waals surface area (Å²) < 4.78 is 5.38. The molecule has 1 saturated heterocycles. The largest absolute Gasteiger partial charge is 0.379 e. The van der Waals surface area contributed by atoms with Gasteiger partial charge in [-0.3, -0.25) is 14.5 Å². The maximum atomic E-state index is 12.5. The van der Waals surface area contributed by atoms with E-state index < -0.39 is 0 Å². The summed E-state index contributed by atoms with van der Waals surface area (Å²) in [6.07, 6.45) is 4.98. The highest BCUT2D eigenvalue weighted by Gasteiger charge is 2.30. The Bertz CT molecular complexity index is 1170. The third-order valence-corrected chi connectivity index (χ3v) is 7.22. The van der Waals surface area contributed by atoms with Crippen molar-refractivity contribution in [2.45, 2.75) is 38.5 Å². The molecule has 2 aliphatic rings. The minimum absolute atomic E-state index is 0.0535. The molecule has 178 valence electrons. The first-order valence-electron chi connectivity index (χ1n) is 12.1. The number of ketones is 1. The van der Waals surface area contributed by atoms with E-state index in [0.717, 1.165) is 85.7 Å². The summed E-state index contributed by atoms with van der Waals surface area (Å²) in [5.74, 6) is 0.476. The lowest BCUT2D eigenvalue weighted by atomic mass is 10.0. The lowest BCUT2D eigenvalue weighted by Gasteiger charge is -2.26. The molecule has 8 heteroatoms. The van der Waals surface area contributed by atoms with Gasteiger partial charge >= 0.3 is 0 Å². The van der Waals surface area contributed by atoms with Crippen LogP contribution in [0.5, 0.6) is 0 Å². The zero-order valence-corrected chi connectivity index (χ0v) is 20.1.